The highest BCUT2D eigenvalue weighted by molar-refractivity contribution is 9.14. The first-order valence-corrected chi connectivity index (χ1v) is 7.15. The number of carbonyl (C=O) groups is 2. The Morgan fingerprint density at radius 3 is 1.56 bits per heavy atom. The van der Waals surface area contributed by atoms with Gasteiger partial charge in [0.15, 0.2) is 0 Å². The summed E-state index contributed by atoms with van der Waals surface area (Å²) in [5.41, 5.74) is 3.39. The molecule has 0 heterocycles. The van der Waals surface area contributed by atoms with Crippen molar-refractivity contribution in [3.63, 3.8) is 0 Å². The van der Waals surface area contributed by atoms with Gasteiger partial charge in [0.05, 0.1) is 14.6 Å². The van der Waals surface area contributed by atoms with Crippen LogP contribution in [0.25, 0.3) is 0 Å². The van der Waals surface area contributed by atoms with Gasteiger partial charge in [-0.05, 0) is 69.8 Å². The molecule has 0 atom stereocenters. The number of aliphatic carboxylic acids is 2. The highest BCUT2D eigenvalue weighted by atomic mass is 79.9. The third-order valence-electron chi connectivity index (χ3n) is 1.44. The summed E-state index contributed by atoms with van der Waals surface area (Å²) in [7, 11) is 0. The molecule has 0 bridgehead atoms. The molecule has 0 aliphatic carbocycles. The Labute approximate surface area is 135 Å². The van der Waals surface area contributed by atoms with Crippen molar-refractivity contribution in [3.8, 4) is 0 Å². The Hall–Kier alpha value is -0.160. The van der Waals surface area contributed by atoms with E-state index in [0.717, 1.165) is 23.6 Å². The summed E-state index contributed by atoms with van der Waals surface area (Å²) in [4.78, 5) is 18.2. The van der Waals surface area contributed by atoms with Crippen molar-refractivity contribution in [3.05, 3.63) is 24.0 Å². The van der Waals surface area contributed by atoms with Gasteiger partial charge in [0, 0.05) is 8.95 Å². The van der Waals surface area contributed by atoms with Gasteiger partial charge in [-0.15, -0.1) is 0 Å². The maximum Gasteiger partial charge on any atom is 0.414 e. The van der Waals surface area contributed by atoms with Gasteiger partial charge in [-0.1, -0.05) is 0 Å². The number of hydrogen-bond donors (Lipinski definition) is 4. The molecule has 6 nitrogen and oxygen atoms in total. The predicted octanol–water partition coefficient (Wildman–Crippen LogP) is 3.18. The number of hydrogen-bond acceptors (Lipinski definition) is 4. The summed E-state index contributed by atoms with van der Waals surface area (Å²) < 4.78 is 3.65. The first kappa shape index (κ1) is 17.8. The smallest absolute Gasteiger partial charge is 0.414 e. The van der Waals surface area contributed by atoms with E-state index in [1.165, 1.54) is 0 Å². The Kier molecular flexibility index (Phi) is 8.03. The number of nitrogen functional groups attached to an aromatic ring is 1. The molecule has 100 valence electrons. The molecule has 0 radical (unpaired) electrons. The van der Waals surface area contributed by atoms with Crippen molar-refractivity contribution in [1.82, 2.24) is 0 Å². The summed E-state index contributed by atoms with van der Waals surface area (Å²) >= 11 is 13.5. The molecule has 0 aliphatic heterocycles. The van der Waals surface area contributed by atoms with E-state index in [0.29, 0.717) is 0 Å². The van der Waals surface area contributed by atoms with Gasteiger partial charge in [0.1, 0.15) is 0 Å². The second kappa shape index (κ2) is 8.10. The van der Waals surface area contributed by atoms with Crippen molar-refractivity contribution in [2.45, 2.75) is 0 Å². The number of nitrogens with two attached hydrogens (primary N) is 1. The Bertz CT molecular complexity index is 442. The molecule has 18 heavy (non-hydrogen) atoms. The number of hydrazine groups is 1. The van der Waals surface area contributed by atoms with E-state index in [1.54, 1.807) is 0 Å². The molecule has 0 saturated heterocycles. The molecule has 1 aromatic rings. The summed E-state index contributed by atoms with van der Waals surface area (Å²) in [6.45, 7) is 0. The second-order valence-corrected chi connectivity index (χ2v) is 5.89. The first-order valence-electron chi connectivity index (χ1n) is 3.98. The minimum absolute atomic E-state index is 0.802. The quantitative estimate of drug-likeness (QED) is 0.199. The van der Waals surface area contributed by atoms with Crippen LogP contribution in [-0.2, 0) is 9.59 Å². The molecule has 0 saturated carbocycles. The molecule has 1 aromatic carbocycles. The Morgan fingerprint density at radius 1 is 1.00 bits per heavy atom. The van der Waals surface area contributed by atoms with Crippen molar-refractivity contribution >= 4 is 81.3 Å². The average Bonchev–Trinajstić information content (AvgIpc) is 2.28. The normalized spacial score (nSPS) is 9.17. The third kappa shape index (κ3) is 5.22. The molecule has 5 N–H and O–H groups in total. The number of halogens is 4. The molecule has 1 rings (SSSR count). The third-order valence-corrected chi connectivity index (χ3v) is 5.40. The maximum absolute atomic E-state index is 9.10. The number of rotatable bonds is 1. The van der Waals surface area contributed by atoms with E-state index in [4.69, 9.17) is 25.6 Å². The fourth-order valence-corrected chi connectivity index (χ4v) is 2.98. The largest absolute Gasteiger partial charge is 0.473 e. The fourth-order valence-electron chi connectivity index (χ4n) is 0.700. The molecular formula is C8H6Br4N2O4. The van der Waals surface area contributed by atoms with Gasteiger partial charge in [0.2, 0.25) is 0 Å². The average molecular weight is 514 g/mol. The van der Waals surface area contributed by atoms with Crippen LogP contribution in [0.4, 0.5) is 5.69 Å². The summed E-state index contributed by atoms with van der Waals surface area (Å²) in [5, 5.41) is 14.8. The molecular weight excluding hydrogens is 508 g/mol. The minimum Gasteiger partial charge on any atom is -0.473 e. The Morgan fingerprint density at radius 2 is 1.33 bits per heavy atom. The zero-order chi connectivity index (χ0) is 14.5. The highest BCUT2D eigenvalue weighted by Crippen LogP contribution is 2.40. The monoisotopic (exact) mass is 510 g/mol. The van der Waals surface area contributed by atoms with E-state index >= 15 is 0 Å². The van der Waals surface area contributed by atoms with Crippen molar-refractivity contribution in [2.75, 3.05) is 5.43 Å². The number of carboxylic acids is 2. The number of anilines is 1. The molecule has 0 amide bonds. The summed E-state index contributed by atoms with van der Waals surface area (Å²) in [5.74, 6) is 1.69. The van der Waals surface area contributed by atoms with E-state index < -0.39 is 11.9 Å². The van der Waals surface area contributed by atoms with Crippen molar-refractivity contribution in [2.24, 2.45) is 5.84 Å². The standard InChI is InChI=1S/C6H4Br4N2.C2H2O4/c7-2-1-3(8)5(10)6(12-11)4(2)9;3-1(4)2(5)6/h1,12H,11H2;(H,3,4)(H,5,6). The van der Waals surface area contributed by atoms with Crippen molar-refractivity contribution < 1.29 is 19.8 Å². The van der Waals surface area contributed by atoms with Crippen LogP contribution in [-0.4, -0.2) is 22.2 Å². The lowest BCUT2D eigenvalue weighted by molar-refractivity contribution is -0.159. The van der Waals surface area contributed by atoms with E-state index in [-0.39, 0.29) is 0 Å². The summed E-state index contributed by atoms with van der Waals surface area (Å²) in [6.07, 6.45) is 0. The SMILES string of the molecule is NNc1c(Br)c(Br)cc(Br)c1Br.O=C(O)C(=O)O. The van der Waals surface area contributed by atoms with Crippen molar-refractivity contribution in [1.29, 1.82) is 0 Å². The second-order valence-electron chi connectivity index (χ2n) is 2.60. The predicted molar refractivity (Wildman–Crippen MR) is 80.3 cm³/mol. The molecule has 10 heteroatoms. The maximum atomic E-state index is 9.10. The highest BCUT2D eigenvalue weighted by Gasteiger charge is 2.10. The molecule has 0 aliphatic rings. The van der Waals surface area contributed by atoms with Crippen LogP contribution in [0, 0.1) is 0 Å². The van der Waals surface area contributed by atoms with E-state index in [9.17, 15) is 0 Å². The number of benzene rings is 1. The van der Waals surface area contributed by atoms with Gasteiger partial charge in [-0.2, -0.15) is 0 Å². The van der Waals surface area contributed by atoms with Crippen LogP contribution in [0.3, 0.4) is 0 Å². The van der Waals surface area contributed by atoms with Gasteiger partial charge in [-0.3, -0.25) is 5.84 Å². The van der Waals surface area contributed by atoms with Gasteiger partial charge in [0.25, 0.3) is 0 Å². The van der Waals surface area contributed by atoms with Gasteiger partial charge in [-0.25, -0.2) is 9.59 Å². The molecule has 0 unspecified atom stereocenters. The Balaban J connectivity index is 0.000000411. The number of carboxylic acid groups (broad SMARTS) is 2. The topological polar surface area (TPSA) is 113 Å². The number of nitrogens with one attached hydrogen (secondary N) is 1. The zero-order valence-corrected chi connectivity index (χ0v) is 14.7. The summed E-state index contributed by atoms with van der Waals surface area (Å²) in [6, 6.07) is 1.93. The molecule has 0 fully saturated rings. The van der Waals surface area contributed by atoms with E-state index in [1.807, 2.05) is 6.07 Å². The zero-order valence-electron chi connectivity index (χ0n) is 8.38. The molecule has 0 spiro atoms. The van der Waals surface area contributed by atoms with Gasteiger partial charge < -0.3 is 15.6 Å². The lowest BCUT2D eigenvalue weighted by Crippen LogP contribution is -2.09. The lowest BCUT2D eigenvalue weighted by atomic mass is 10.3. The van der Waals surface area contributed by atoms with Crippen LogP contribution in [0.15, 0.2) is 24.0 Å². The van der Waals surface area contributed by atoms with Crippen LogP contribution >= 0.6 is 63.7 Å². The van der Waals surface area contributed by atoms with Crippen LogP contribution in [0.1, 0.15) is 0 Å². The van der Waals surface area contributed by atoms with Gasteiger partial charge >= 0.3 is 11.9 Å². The van der Waals surface area contributed by atoms with E-state index in [2.05, 4.69) is 69.1 Å². The molecule has 0 aromatic heterocycles. The fraction of sp³-hybridized carbons (Fsp3) is 0. The first-order chi connectivity index (χ1) is 8.22. The van der Waals surface area contributed by atoms with Crippen LogP contribution in [0.2, 0.25) is 0 Å². The lowest BCUT2D eigenvalue weighted by Gasteiger charge is -2.09. The van der Waals surface area contributed by atoms with Crippen LogP contribution < -0.4 is 11.3 Å². The van der Waals surface area contributed by atoms with Crippen LogP contribution in [0.5, 0.6) is 0 Å². The minimum atomic E-state index is -1.82.